The first-order valence-corrected chi connectivity index (χ1v) is 8.07. The number of aryl methyl sites for hydroxylation is 2. The van der Waals surface area contributed by atoms with Gasteiger partial charge in [-0.1, -0.05) is 6.92 Å². The van der Waals surface area contributed by atoms with Crippen molar-refractivity contribution in [2.75, 3.05) is 0 Å². The summed E-state index contributed by atoms with van der Waals surface area (Å²) in [6, 6.07) is 6.00. The predicted octanol–water partition coefficient (Wildman–Crippen LogP) is 3.19. The summed E-state index contributed by atoms with van der Waals surface area (Å²) >= 11 is 0. The highest BCUT2D eigenvalue weighted by molar-refractivity contribution is 5.52. The zero-order valence-electron chi connectivity index (χ0n) is 12.7. The summed E-state index contributed by atoms with van der Waals surface area (Å²) in [6.07, 6.45) is 3.99. The van der Waals surface area contributed by atoms with Crippen LogP contribution in [0.5, 0.6) is 11.5 Å². The summed E-state index contributed by atoms with van der Waals surface area (Å²) in [5.74, 6) is 2.20. The predicted molar refractivity (Wildman–Crippen MR) is 83.3 cm³/mol. The molecule has 22 heavy (non-hydrogen) atoms. The van der Waals surface area contributed by atoms with E-state index in [0.717, 1.165) is 54.9 Å². The lowest BCUT2D eigenvalue weighted by atomic mass is 9.74. The molecule has 1 aliphatic carbocycles. The molecule has 4 nitrogen and oxygen atoms in total. The molecule has 1 aromatic heterocycles. The third-order valence-corrected chi connectivity index (χ3v) is 4.95. The Labute approximate surface area is 129 Å². The van der Waals surface area contributed by atoms with E-state index in [4.69, 9.17) is 4.42 Å². The molecule has 0 saturated heterocycles. The molecule has 2 aromatic rings. The highest BCUT2D eigenvalue weighted by Gasteiger charge is 2.37. The monoisotopic (exact) mass is 299 g/mol. The van der Waals surface area contributed by atoms with E-state index >= 15 is 0 Å². The fourth-order valence-corrected chi connectivity index (χ4v) is 3.94. The van der Waals surface area contributed by atoms with Gasteiger partial charge in [0.15, 0.2) is 11.5 Å². The van der Waals surface area contributed by atoms with Gasteiger partial charge in [0, 0.05) is 23.9 Å². The number of rotatable bonds is 2. The molecule has 1 aliphatic heterocycles. The van der Waals surface area contributed by atoms with Crippen molar-refractivity contribution in [3.8, 4) is 11.5 Å². The second-order valence-electron chi connectivity index (χ2n) is 6.38. The molecule has 0 saturated carbocycles. The first kappa shape index (κ1) is 13.7. The van der Waals surface area contributed by atoms with Crippen molar-refractivity contribution in [2.24, 2.45) is 0 Å². The first-order chi connectivity index (χ1) is 10.7. The smallest absolute Gasteiger partial charge is 0.157 e. The molecule has 4 heteroatoms. The maximum absolute atomic E-state index is 9.91. The summed E-state index contributed by atoms with van der Waals surface area (Å²) in [4.78, 5) is 0. The summed E-state index contributed by atoms with van der Waals surface area (Å²) < 4.78 is 5.99. The van der Waals surface area contributed by atoms with Gasteiger partial charge in [-0.15, -0.1) is 0 Å². The number of phenols is 2. The van der Waals surface area contributed by atoms with Gasteiger partial charge in [0.2, 0.25) is 0 Å². The molecular formula is C18H21NO3. The van der Waals surface area contributed by atoms with Crippen LogP contribution < -0.4 is 5.32 Å². The van der Waals surface area contributed by atoms with Crippen LogP contribution in [0.3, 0.4) is 0 Å². The molecule has 4 rings (SSSR count). The second kappa shape index (κ2) is 5.06. The van der Waals surface area contributed by atoms with Crippen molar-refractivity contribution in [2.45, 2.75) is 51.1 Å². The van der Waals surface area contributed by atoms with E-state index in [2.05, 4.69) is 18.3 Å². The summed E-state index contributed by atoms with van der Waals surface area (Å²) in [7, 11) is 0. The van der Waals surface area contributed by atoms with Crippen LogP contribution in [0, 0.1) is 0 Å². The Kier molecular flexibility index (Phi) is 3.15. The lowest BCUT2D eigenvalue weighted by molar-refractivity contribution is 0.346. The largest absolute Gasteiger partial charge is 0.504 e. The Bertz CT molecular complexity index is 719. The molecule has 3 N–H and O–H groups in total. The number of nitrogens with one attached hydrogen (secondary N) is 1. The van der Waals surface area contributed by atoms with Gasteiger partial charge in [0.25, 0.3) is 0 Å². The highest BCUT2D eigenvalue weighted by atomic mass is 16.3. The fourth-order valence-electron chi connectivity index (χ4n) is 3.94. The van der Waals surface area contributed by atoms with Gasteiger partial charge >= 0.3 is 0 Å². The Morgan fingerprint density at radius 2 is 2.00 bits per heavy atom. The van der Waals surface area contributed by atoms with Crippen LogP contribution in [0.2, 0.25) is 0 Å². The SMILES string of the molecule is CCCc1cc2c(o1)CN[C@H]1CCc3cc(O)c(O)cc3[C@H]21. The zero-order valence-corrected chi connectivity index (χ0v) is 12.7. The van der Waals surface area contributed by atoms with Crippen LogP contribution >= 0.6 is 0 Å². The van der Waals surface area contributed by atoms with Crippen molar-refractivity contribution in [3.63, 3.8) is 0 Å². The number of aromatic hydroxyl groups is 2. The normalized spacial score (nSPS) is 22.8. The van der Waals surface area contributed by atoms with E-state index in [0.29, 0.717) is 6.04 Å². The van der Waals surface area contributed by atoms with Crippen molar-refractivity contribution >= 4 is 0 Å². The molecule has 0 amide bonds. The average molecular weight is 299 g/mol. The number of furan rings is 1. The van der Waals surface area contributed by atoms with Crippen molar-refractivity contribution in [1.29, 1.82) is 0 Å². The third kappa shape index (κ3) is 2.02. The molecule has 0 unspecified atom stereocenters. The fraction of sp³-hybridized carbons (Fsp3) is 0.444. The van der Waals surface area contributed by atoms with Crippen molar-refractivity contribution in [1.82, 2.24) is 5.32 Å². The Hall–Kier alpha value is -1.94. The van der Waals surface area contributed by atoms with Gasteiger partial charge in [-0.3, -0.25) is 0 Å². The molecule has 0 fully saturated rings. The van der Waals surface area contributed by atoms with E-state index in [9.17, 15) is 10.2 Å². The van der Waals surface area contributed by atoms with Gasteiger partial charge in [-0.25, -0.2) is 0 Å². The van der Waals surface area contributed by atoms with Gasteiger partial charge < -0.3 is 19.9 Å². The van der Waals surface area contributed by atoms with Gasteiger partial charge in [-0.2, -0.15) is 0 Å². The van der Waals surface area contributed by atoms with Gasteiger partial charge in [0.05, 0.1) is 6.54 Å². The topological polar surface area (TPSA) is 65.6 Å². The number of phenolic OH excluding ortho intramolecular Hbond substituents is 2. The molecule has 2 heterocycles. The summed E-state index contributed by atoms with van der Waals surface area (Å²) in [5.41, 5.74) is 3.49. The lowest BCUT2D eigenvalue weighted by Crippen LogP contribution is -2.42. The lowest BCUT2D eigenvalue weighted by Gasteiger charge is -2.37. The third-order valence-electron chi connectivity index (χ3n) is 4.95. The Balaban J connectivity index is 1.83. The number of fused-ring (bicyclic) bond motifs is 5. The molecule has 116 valence electrons. The van der Waals surface area contributed by atoms with Crippen LogP contribution in [0.25, 0.3) is 0 Å². The zero-order chi connectivity index (χ0) is 15.3. The van der Waals surface area contributed by atoms with Crippen LogP contribution in [-0.2, 0) is 19.4 Å². The number of hydrogen-bond acceptors (Lipinski definition) is 4. The van der Waals surface area contributed by atoms with E-state index in [1.54, 1.807) is 12.1 Å². The Morgan fingerprint density at radius 3 is 2.82 bits per heavy atom. The second-order valence-corrected chi connectivity index (χ2v) is 6.38. The summed E-state index contributed by atoms with van der Waals surface area (Å²) in [5, 5.41) is 23.2. The molecule has 1 aromatic carbocycles. The molecule has 0 bridgehead atoms. The maximum atomic E-state index is 9.91. The average Bonchev–Trinajstić information content (AvgIpc) is 2.91. The minimum absolute atomic E-state index is 0.0277. The van der Waals surface area contributed by atoms with Crippen molar-refractivity contribution in [3.05, 3.63) is 46.4 Å². The number of hydrogen-bond donors (Lipinski definition) is 3. The van der Waals surface area contributed by atoms with E-state index in [1.165, 1.54) is 5.56 Å². The molecular weight excluding hydrogens is 278 g/mol. The van der Waals surface area contributed by atoms with Gasteiger partial charge in [-0.05, 0) is 48.6 Å². The first-order valence-electron chi connectivity index (χ1n) is 8.07. The molecule has 0 spiro atoms. The molecule has 2 aliphatic rings. The van der Waals surface area contributed by atoms with Crippen LogP contribution in [0.4, 0.5) is 0 Å². The minimum atomic E-state index is -0.0381. The quantitative estimate of drug-likeness (QED) is 0.745. The van der Waals surface area contributed by atoms with E-state index in [-0.39, 0.29) is 17.4 Å². The summed E-state index contributed by atoms with van der Waals surface area (Å²) in [6.45, 7) is 2.93. The highest BCUT2D eigenvalue weighted by Crippen LogP contribution is 2.45. The minimum Gasteiger partial charge on any atom is -0.504 e. The van der Waals surface area contributed by atoms with Crippen LogP contribution in [0.15, 0.2) is 22.6 Å². The Morgan fingerprint density at radius 1 is 1.18 bits per heavy atom. The van der Waals surface area contributed by atoms with Crippen LogP contribution in [0.1, 0.15) is 53.9 Å². The van der Waals surface area contributed by atoms with Gasteiger partial charge in [0.1, 0.15) is 11.5 Å². The van der Waals surface area contributed by atoms with Crippen molar-refractivity contribution < 1.29 is 14.6 Å². The molecule has 2 atom stereocenters. The maximum Gasteiger partial charge on any atom is 0.157 e. The van der Waals surface area contributed by atoms with Crippen LogP contribution in [-0.4, -0.2) is 16.3 Å². The number of benzene rings is 1. The van der Waals surface area contributed by atoms with E-state index in [1.807, 2.05) is 0 Å². The standard InChI is InChI=1S/C18H21NO3/c1-2-3-11-7-13-17(22-11)9-19-14-5-4-10-6-15(20)16(21)8-12(10)18(13)14/h6-8,14,18-21H,2-5,9H2,1H3/t14-,18+/m0/s1. The molecule has 0 radical (unpaired) electrons. The van der Waals surface area contributed by atoms with E-state index < -0.39 is 0 Å².